The topological polar surface area (TPSA) is 104 Å². The fraction of sp³-hybridized carbons (Fsp3) is 0.450. The molecule has 1 aromatic rings. The van der Waals surface area contributed by atoms with Crippen LogP contribution in [0.3, 0.4) is 0 Å². The average Bonchev–Trinajstić information content (AvgIpc) is 3.33. The molecule has 0 aliphatic heterocycles. The lowest BCUT2D eigenvalue weighted by Crippen LogP contribution is -2.29. The maximum absolute atomic E-state index is 12.4. The number of nitrogens with zero attached hydrogens (tertiary/aromatic N) is 1. The lowest BCUT2D eigenvalue weighted by atomic mass is 9.93. The van der Waals surface area contributed by atoms with Crippen LogP contribution in [-0.4, -0.2) is 60.3 Å². The van der Waals surface area contributed by atoms with Crippen LogP contribution < -0.4 is 0 Å². The number of hydrogen-bond acceptors (Lipinski definition) is 5. The molecule has 0 bridgehead atoms. The smallest absolute Gasteiger partial charge is 0.328 e. The second kappa shape index (κ2) is 10.5. The zero-order valence-electron chi connectivity index (χ0n) is 15.9. The minimum absolute atomic E-state index is 0.0487. The van der Waals surface area contributed by atoms with Crippen molar-refractivity contribution >= 4 is 17.9 Å². The summed E-state index contributed by atoms with van der Waals surface area (Å²) < 4.78 is 5.43. The van der Waals surface area contributed by atoms with Crippen molar-refractivity contribution in [1.29, 1.82) is 0 Å². The number of benzene rings is 1. The maximum Gasteiger partial charge on any atom is 0.328 e. The Hall–Kier alpha value is -2.67. The molecular weight excluding hydrogens is 350 g/mol. The van der Waals surface area contributed by atoms with Gasteiger partial charge in [0.25, 0.3) is 0 Å². The molecule has 7 nitrogen and oxygen atoms in total. The minimum atomic E-state index is -1.26. The zero-order chi connectivity index (χ0) is 20.4. The van der Waals surface area contributed by atoms with Gasteiger partial charge < -0.3 is 19.8 Å². The minimum Gasteiger partial charge on any atom is -0.478 e. The number of esters is 1. The van der Waals surface area contributed by atoms with E-state index >= 15 is 0 Å². The summed E-state index contributed by atoms with van der Waals surface area (Å²) in [6, 6.07) is 10.1. The third-order valence-corrected chi connectivity index (χ3v) is 4.15. The van der Waals surface area contributed by atoms with Crippen molar-refractivity contribution in [2.24, 2.45) is 5.92 Å². The predicted molar refractivity (Wildman–Crippen MR) is 100 cm³/mol. The van der Waals surface area contributed by atoms with Crippen LogP contribution in [-0.2, 0) is 24.5 Å². The van der Waals surface area contributed by atoms with Crippen LogP contribution in [0.4, 0.5) is 0 Å². The average molecular weight is 377 g/mol. The highest BCUT2D eigenvalue weighted by molar-refractivity contribution is 5.89. The SMILES string of the molecule is CCCOC(=O)[C@@]1(c2ccccc2)CC1CN(C)C.O=C(O)/C=C/C(=O)O. The monoisotopic (exact) mass is 377 g/mol. The molecule has 7 heteroatoms. The van der Waals surface area contributed by atoms with E-state index in [4.69, 9.17) is 14.9 Å². The summed E-state index contributed by atoms with van der Waals surface area (Å²) in [5.74, 6) is -2.19. The van der Waals surface area contributed by atoms with E-state index in [1.807, 2.05) is 51.4 Å². The Kier molecular flexibility index (Phi) is 8.68. The quantitative estimate of drug-likeness (QED) is 0.528. The molecule has 2 N–H and O–H groups in total. The van der Waals surface area contributed by atoms with Crippen molar-refractivity contribution in [3.05, 3.63) is 48.0 Å². The van der Waals surface area contributed by atoms with Crippen LogP contribution in [0.25, 0.3) is 0 Å². The van der Waals surface area contributed by atoms with Gasteiger partial charge in [0.15, 0.2) is 0 Å². The first-order valence-corrected chi connectivity index (χ1v) is 8.75. The van der Waals surface area contributed by atoms with E-state index in [9.17, 15) is 14.4 Å². The van der Waals surface area contributed by atoms with E-state index in [0.717, 1.165) is 24.9 Å². The standard InChI is InChI=1S/C16H23NO2.C4H4O4/c1-4-10-19-15(18)16(11-14(16)12-17(2)3)13-8-6-5-7-9-13;5-3(6)1-2-4(7)8/h5-9,14H,4,10-12H2,1-3H3;1-2H,(H,5,6)(H,7,8)/b;2-1+/t14?,16-;/m1./s1. The molecule has 2 rings (SSSR count). The Labute approximate surface area is 159 Å². The van der Waals surface area contributed by atoms with Crippen molar-refractivity contribution in [2.45, 2.75) is 25.2 Å². The van der Waals surface area contributed by atoms with Crippen molar-refractivity contribution < 1.29 is 29.3 Å². The van der Waals surface area contributed by atoms with E-state index in [-0.39, 0.29) is 5.97 Å². The van der Waals surface area contributed by atoms with Crippen LogP contribution in [0.5, 0.6) is 0 Å². The zero-order valence-corrected chi connectivity index (χ0v) is 15.9. The number of ether oxygens (including phenoxy) is 1. The third-order valence-electron chi connectivity index (χ3n) is 4.15. The van der Waals surface area contributed by atoms with Crippen molar-refractivity contribution in [3.8, 4) is 0 Å². The van der Waals surface area contributed by atoms with Gasteiger partial charge in [0.05, 0.1) is 12.0 Å². The van der Waals surface area contributed by atoms with Gasteiger partial charge >= 0.3 is 17.9 Å². The molecule has 0 radical (unpaired) electrons. The number of hydrogen-bond donors (Lipinski definition) is 2. The number of carboxylic acid groups (broad SMARTS) is 2. The highest BCUT2D eigenvalue weighted by Gasteiger charge is 2.62. The van der Waals surface area contributed by atoms with E-state index in [1.54, 1.807) is 0 Å². The molecule has 1 aliphatic carbocycles. The number of rotatable bonds is 8. The maximum atomic E-state index is 12.4. The van der Waals surface area contributed by atoms with E-state index in [1.165, 1.54) is 0 Å². The molecule has 148 valence electrons. The molecular formula is C20H27NO6. The van der Waals surface area contributed by atoms with Crippen LogP contribution in [0.2, 0.25) is 0 Å². The predicted octanol–water partition coefficient (Wildman–Crippen LogP) is 2.17. The molecule has 0 saturated heterocycles. The van der Waals surface area contributed by atoms with Gasteiger partial charge in [-0.15, -0.1) is 0 Å². The number of carbonyl (C=O) groups is 3. The summed E-state index contributed by atoms with van der Waals surface area (Å²) in [5.41, 5.74) is 0.698. The molecule has 0 heterocycles. The Balaban J connectivity index is 0.000000387. The van der Waals surface area contributed by atoms with Crippen molar-refractivity contribution in [2.75, 3.05) is 27.2 Å². The lowest BCUT2D eigenvalue weighted by Gasteiger charge is -2.18. The fourth-order valence-electron chi connectivity index (χ4n) is 2.91. The van der Waals surface area contributed by atoms with Crippen molar-refractivity contribution in [3.63, 3.8) is 0 Å². The summed E-state index contributed by atoms with van der Waals surface area (Å²) in [7, 11) is 4.09. The Morgan fingerprint density at radius 3 is 2.15 bits per heavy atom. The molecule has 0 spiro atoms. The van der Waals surface area contributed by atoms with Crippen LogP contribution in [0.15, 0.2) is 42.5 Å². The van der Waals surface area contributed by atoms with Crippen LogP contribution in [0.1, 0.15) is 25.3 Å². The fourth-order valence-corrected chi connectivity index (χ4v) is 2.91. The van der Waals surface area contributed by atoms with Crippen molar-refractivity contribution in [1.82, 2.24) is 4.90 Å². The van der Waals surface area contributed by atoms with Gasteiger partial charge in [-0.2, -0.15) is 0 Å². The van der Waals surface area contributed by atoms with Gasteiger partial charge in [0.1, 0.15) is 0 Å². The molecule has 2 atom stereocenters. The number of carboxylic acids is 2. The molecule has 1 aliphatic rings. The molecule has 1 fully saturated rings. The molecule has 1 saturated carbocycles. The van der Waals surface area contributed by atoms with Gasteiger partial charge in [0.2, 0.25) is 0 Å². The molecule has 1 unspecified atom stereocenters. The lowest BCUT2D eigenvalue weighted by molar-refractivity contribution is -0.147. The normalized spacial score (nSPS) is 20.7. The summed E-state index contributed by atoms with van der Waals surface area (Å²) in [4.78, 5) is 33.7. The molecule has 0 aromatic heterocycles. The van der Waals surface area contributed by atoms with Gasteiger partial charge in [-0.05, 0) is 38.4 Å². The van der Waals surface area contributed by atoms with Crippen LogP contribution >= 0.6 is 0 Å². The Morgan fingerprint density at radius 1 is 1.15 bits per heavy atom. The number of aliphatic carboxylic acids is 2. The van der Waals surface area contributed by atoms with E-state index in [0.29, 0.717) is 24.7 Å². The number of carbonyl (C=O) groups excluding carboxylic acids is 1. The highest BCUT2D eigenvalue weighted by Crippen LogP contribution is 2.55. The largest absolute Gasteiger partial charge is 0.478 e. The first-order valence-electron chi connectivity index (χ1n) is 8.75. The second-order valence-corrected chi connectivity index (χ2v) is 6.65. The van der Waals surface area contributed by atoms with Gasteiger partial charge in [-0.1, -0.05) is 37.3 Å². The molecule has 27 heavy (non-hydrogen) atoms. The Morgan fingerprint density at radius 2 is 1.70 bits per heavy atom. The van der Waals surface area contributed by atoms with Crippen LogP contribution in [0, 0.1) is 5.92 Å². The summed E-state index contributed by atoms with van der Waals surface area (Å²) >= 11 is 0. The summed E-state index contributed by atoms with van der Waals surface area (Å²) in [5, 5.41) is 15.6. The Bertz CT molecular complexity index is 654. The molecule has 0 amide bonds. The highest BCUT2D eigenvalue weighted by atomic mass is 16.5. The summed E-state index contributed by atoms with van der Waals surface area (Å²) in [6.07, 6.45) is 2.89. The van der Waals surface area contributed by atoms with Gasteiger partial charge in [-0.25, -0.2) is 9.59 Å². The van der Waals surface area contributed by atoms with Gasteiger partial charge in [0, 0.05) is 18.7 Å². The molecule has 1 aromatic carbocycles. The van der Waals surface area contributed by atoms with Gasteiger partial charge in [-0.3, -0.25) is 4.79 Å². The third kappa shape index (κ3) is 6.86. The first kappa shape index (κ1) is 22.4. The second-order valence-electron chi connectivity index (χ2n) is 6.65. The first-order chi connectivity index (χ1) is 12.7. The van der Waals surface area contributed by atoms with E-state index in [2.05, 4.69) is 4.90 Å². The summed E-state index contributed by atoms with van der Waals surface area (Å²) in [6.45, 7) is 3.46. The van der Waals surface area contributed by atoms with E-state index < -0.39 is 17.4 Å².